The molecule has 2 heterocycles. The minimum Gasteiger partial charge on any atom is -0.493 e. The predicted octanol–water partition coefficient (Wildman–Crippen LogP) is 5.82. The maximum Gasteiger partial charge on any atom is 0.339 e. The lowest BCUT2D eigenvalue weighted by Crippen LogP contribution is -2.26. The minimum absolute atomic E-state index is 0.0977. The van der Waals surface area contributed by atoms with E-state index in [2.05, 4.69) is 11.9 Å². The second kappa shape index (κ2) is 12.4. The molecule has 1 aliphatic heterocycles. The summed E-state index contributed by atoms with van der Waals surface area (Å²) < 4.78 is 17.1. The first-order valence-corrected chi connectivity index (χ1v) is 13.5. The van der Waals surface area contributed by atoms with Gasteiger partial charge in [-0.05, 0) is 102 Å². The standard InChI is InChI=1S/C32H37NO6/c1-20(2)8-9-24-17-23(10-13-30(24)38-22(4)34)28(35)19-26-18-25-11-12-29(21(3)31(25)39-32(26)36)37-16-14-27-7-6-15-33(27)5/h8,10-13,17-18,27H,6-7,9,14-16,19H2,1-5H3. The summed E-state index contributed by atoms with van der Waals surface area (Å²) in [6.07, 6.45) is 5.80. The number of ketones is 1. The number of carbonyl (C=O) groups excluding carboxylic acids is 2. The number of benzene rings is 2. The number of esters is 1. The fraction of sp³-hybridized carbons (Fsp3) is 0.406. The van der Waals surface area contributed by atoms with Crippen molar-refractivity contribution in [3.05, 3.63) is 80.7 Å². The van der Waals surface area contributed by atoms with Crippen LogP contribution in [-0.4, -0.2) is 42.9 Å². The van der Waals surface area contributed by atoms with Crippen molar-refractivity contribution in [2.45, 2.75) is 65.8 Å². The molecule has 0 N–H and O–H groups in total. The average molecular weight is 532 g/mol. The van der Waals surface area contributed by atoms with Crippen molar-refractivity contribution < 1.29 is 23.5 Å². The summed E-state index contributed by atoms with van der Waals surface area (Å²) in [5.74, 6) is 0.479. The molecular formula is C32H37NO6. The number of hydrogen-bond donors (Lipinski definition) is 0. The molecule has 0 aliphatic carbocycles. The maximum atomic E-state index is 13.2. The van der Waals surface area contributed by atoms with Gasteiger partial charge in [-0.15, -0.1) is 0 Å². The first-order valence-electron chi connectivity index (χ1n) is 13.5. The molecule has 1 fully saturated rings. The number of likely N-dealkylation sites (tertiary alicyclic amines) is 1. The third-order valence-electron chi connectivity index (χ3n) is 7.27. The van der Waals surface area contributed by atoms with Crippen molar-refractivity contribution in [3.63, 3.8) is 0 Å². The number of Topliss-reactive ketones (excluding diaryl/α,β-unsaturated/α-hetero) is 1. The molecule has 1 saturated heterocycles. The molecule has 1 unspecified atom stereocenters. The summed E-state index contributed by atoms with van der Waals surface area (Å²) in [6.45, 7) is 8.91. The van der Waals surface area contributed by atoms with E-state index in [4.69, 9.17) is 13.9 Å². The molecule has 39 heavy (non-hydrogen) atoms. The second-order valence-electron chi connectivity index (χ2n) is 10.6. The number of hydrogen-bond acceptors (Lipinski definition) is 7. The van der Waals surface area contributed by atoms with Gasteiger partial charge in [0.25, 0.3) is 0 Å². The molecule has 2 aromatic carbocycles. The Kier molecular flexibility index (Phi) is 9.02. The Morgan fingerprint density at radius 2 is 1.85 bits per heavy atom. The van der Waals surface area contributed by atoms with Gasteiger partial charge in [0.2, 0.25) is 0 Å². The molecule has 4 rings (SSSR count). The summed E-state index contributed by atoms with van der Waals surface area (Å²) in [5, 5.41) is 0.743. The quantitative estimate of drug-likeness (QED) is 0.107. The molecule has 0 bridgehead atoms. The normalized spacial score (nSPS) is 15.4. The van der Waals surface area contributed by atoms with Crippen molar-refractivity contribution in [2.24, 2.45) is 0 Å². The summed E-state index contributed by atoms with van der Waals surface area (Å²) >= 11 is 0. The zero-order chi connectivity index (χ0) is 28.1. The lowest BCUT2D eigenvalue weighted by atomic mass is 9.99. The fourth-order valence-corrected chi connectivity index (χ4v) is 5.03. The largest absolute Gasteiger partial charge is 0.493 e. The molecule has 0 amide bonds. The van der Waals surface area contributed by atoms with Crippen molar-refractivity contribution in [1.29, 1.82) is 0 Å². The molecule has 0 radical (unpaired) electrons. The molecular weight excluding hydrogens is 494 g/mol. The Morgan fingerprint density at radius 3 is 2.54 bits per heavy atom. The van der Waals surface area contributed by atoms with Crippen molar-refractivity contribution >= 4 is 22.7 Å². The SMILES string of the molecule is CC(=O)Oc1ccc(C(=O)Cc2cc3ccc(OCCC4CCCN4C)c(C)c3oc2=O)cc1CC=C(C)C. The third-order valence-corrected chi connectivity index (χ3v) is 7.27. The number of allylic oxidation sites excluding steroid dienone is 2. The highest BCUT2D eigenvalue weighted by Crippen LogP contribution is 2.28. The Labute approximate surface area is 229 Å². The number of carbonyl (C=O) groups is 2. The number of ether oxygens (including phenoxy) is 2. The smallest absolute Gasteiger partial charge is 0.339 e. The van der Waals surface area contributed by atoms with E-state index < -0.39 is 11.6 Å². The van der Waals surface area contributed by atoms with Crippen LogP contribution in [0.3, 0.4) is 0 Å². The highest BCUT2D eigenvalue weighted by Gasteiger charge is 2.21. The molecule has 1 aromatic heterocycles. The monoisotopic (exact) mass is 531 g/mol. The molecule has 1 atom stereocenters. The zero-order valence-corrected chi connectivity index (χ0v) is 23.5. The van der Waals surface area contributed by atoms with E-state index >= 15 is 0 Å². The lowest BCUT2D eigenvalue weighted by Gasteiger charge is -2.19. The number of rotatable bonds is 10. The Balaban J connectivity index is 1.51. The molecule has 0 spiro atoms. The van der Waals surface area contributed by atoms with E-state index in [0.29, 0.717) is 47.3 Å². The Bertz CT molecular complexity index is 1460. The molecule has 1 aliphatic rings. The van der Waals surface area contributed by atoms with Crippen LogP contribution < -0.4 is 15.1 Å². The third kappa shape index (κ3) is 7.03. The van der Waals surface area contributed by atoms with E-state index in [1.54, 1.807) is 24.3 Å². The van der Waals surface area contributed by atoms with E-state index in [0.717, 1.165) is 35.1 Å². The molecule has 7 heteroatoms. The van der Waals surface area contributed by atoms with Gasteiger partial charge in [-0.3, -0.25) is 9.59 Å². The summed E-state index contributed by atoms with van der Waals surface area (Å²) in [4.78, 5) is 39.9. The molecule has 0 saturated carbocycles. The van der Waals surface area contributed by atoms with Crippen LogP contribution in [0.15, 0.2) is 57.3 Å². The van der Waals surface area contributed by atoms with E-state index in [1.807, 2.05) is 39.0 Å². The summed E-state index contributed by atoms with van der Waals surface area (Å²) in [7, 11) is 2.15. The fourth-order valence-electron chi connectivity index (χ4n) is 5.03. The highest BCUT2D eigenvalue weighted by molar-refractivity contribution is 5.98. The Morgan fingerprint density at radius 1 is 1.08 bits per heavy atom. The highest BCUT2D eigenvalue weighted by atomic mass is 16.5. The van der Waals surface area contributed by atoms with Gasteiger partial charge in [0.05, 0.1) is 6.61 Å². The van der Waals surface area contributed by atoms with E-state index in [-0.39, 0.29) is 12.2 Å². The molecule has 7 nitrogen and oxygen atoms in total. The first kappa shape index (κ1) is 28.3. The Hall–Kier alpha value is -3.71. The van der Waals surface area contributed by atoms with Crippen LogP contribution in [0.2, 0.25) is 0 Å². The van der Waals surface area contributed by atoms with E-state index in [9.17, 15) is 14.4 Å². The van der Waals surface area contributed by atoms with Gasteiger partial charge in [0, 0.05) is 41.5 Å². The van der Waals surface area contributed by atoms with Crippen molar-refractivity contribution in [3.8, 4) is 11.5 Å². The predicted molar refractivity (Wildman–Crippen MR) is 152 cm³/mol. The van der Waals surface area contributed by atoms with Crippen LogP contribution in [0.1, 0.15) is 67.1 Å². The van der Waals surface area contributed by atoms with Crippen LogP contribution in [0.25, 0.3) is 11.0 Å². The van der Waals surface area contributed by atoms with Gasteiger partial charge >= 0.3 is 11.6 Å². The van der Waals surface area contributed by atoms with Crippen LogP contribution in [0.4, 0.5) is 0 Å². The van der Waals surface area contributed by atoms with Crippen LogP contribution in [0, 0.1) is 6.92 Å². The van der Waals surface area contributed by atoms with Gasteiger partial charge < -0.3 is 18.8 Å². The van der Waals surface area contributed by atoms with Gasteiger partial charge in [0.15, 0.2) is 5.78 Å². The van der Waals surface area contributed by atoms with Gasteiger partial charge in [-0.1, -0.05) is 11.6 Å². The second-order valence-corrected chi connectivity index (χ2v) is 10.6. The molecule has 206 valence electrons. The number of fused-ring (bicyclic) bond motifs is 1. The van der Waals surface area contributed by atoms with Gasteiger partial charge in [0.1, 0.15) is 17.1 Å². The minimum atomic E-state index is -0.537. The number of nitrogens with zero attached hydrogens (tertiary/aromatic N) is 1. The average Bonchev–Trinajstić information content (AvgIpc) is 3.29. The van der Waals surface area contributed by atoms with Crippen molar-refractivity contribution in [1.82, 2.24) is 4.90 Å². The first-order chi connectivity index (χ1) is 18.6. The van der Waals surface area contributed by atoms with Crippen LogP contribution in [-0.2, 0) is 17.6 Å². The lowest BCUT2D eigenvalue weighted by molar-refractivity contribution is -0.131. The topological polar surface area (TPSA) is 86.1 Å². The van der Waals surface area contributed by atoms with E-state index in [1.165, 1.54) is 19.8 Å². The maximum absolute atomic E-state index is 13.2. The summed E-state index contributed by atoms with van der Waals surface area (Å²) in [5.41, 5.74) is 3.28. The molecule has 3 aromatic rings. The van der Waals surface area contributed by atoms with Crippen LogP contribution >= 0.6 is 0 Å². The zero-order valence-electron chi connectivity index (χ0n) is 23.5. The van der Waals surface area contributed by atoms with Crippen LogP contribution in [0.5, 0.6) is 11.5 Å². The van der Waals surface area contributed by atoms with Crippen molar-refractivity contribution in [2.75, 3.05) is 20.2 Å². The summed E-state index contributed by atoms with van der Waals surface area (Å²) in [6, 6.07) is 11.0. The number of aryl methyl sites for hydroxylation is 1. The van der Waals surface area contributed by atoms with Gasteiger partial charge in [-0.2, -0.15) is 0 Å². The van der Waals surface area contributed by atoms with Gasteiger partial charge in [-0.25, -0.2) is 4.79 Å².